The molecule has 0 radical (unpaired) electrons. The van der Waals surface area contributed by atoms with Crippen molar-refractivity contribution in [3.8, 4) is 0 Å². The lowest BCUT2D eigenvalue weighted by atomic mass is 10.0. The van der Waals surface area contributed by atoms with E-state index in [0.29, 0.717) is 0 Å². The van der Waals surface area contributed by atoms with Crippen molar-refractivity contribution in [3.05, 3.63) is 0 Å². The van der Waals surface area contributed by atoms with Crippen molar-refractivity contribution in [2.24, 2.45) is 5.73 Å². The smallest absolute Gasteiger partial charge is 0.350 e. The van der Waals surface area contributed by atoms with Crippen LogP contribution in [0, 0.1) is 0 Å². The normalized spacial score (nSPS) is 13.8. The van der Waals surface area contributed by atoms with Gasteiger partial charge >= 0.3 is 24.2 Å². The summed E-state index contributed by atoms with van der Waals surface area (Å²) < 4.78 is 99.3. The summed E-state index contributed by atoms with van der Waals surface area (Å²) in [6.07, 6.45) is -5.49. The zero-order valence-electron chi connectivity index (χ0n) is 9.21. The van der Waals surface area contributed by atoms with Gasteiger partial charge in [0.25, 0.3) is 0 Å². The zero-order chi connectivity index (χ0) is 15.5. The molecule has 0 aromatic carbocycles. The average molecular weight is 302 g/mol. The van der Waals surface area contributed by atoms with Crippen LogP contribution in [0.1, 0.15) is 6.42 Å². The molecule has 0 saturated heterocycles. The van der Waals surface area contributed by atoms with Crippen LogP contribution in [-0.4, -0.2) is 43.2 Å². The largest absolute Gasteiger partial charge is 0.379 e. The molecule has 0 heterocycles. The van der Waals surface area contributed by atoms with Crippen LogP contribution < -0.4 is 11.1 Å². The Morgan fingerprint density at radius 1 is 1.11 bits per heavy atom. The van der Waals surface area contributed by atoms with Gasteiger partial charge < -0.3 is 11.1 Å². The third-order valence-electron chi connectivity index (χ3n) is 2.03. The molecule has 0 aromatic heterocycles. The van der Waals surface area contributed by atoms with Crippen molar-refractivity contribution in [2.75, 3.05) is 13.1 Å². The van der Waals surface area contributed by atoms with Crippen molar-refractivity contribution in [1.82, 2.24) is 5.32 Å². The maximum absolute atomic E-state index is 12.8. The number of hydrogen-bond acceptors (Lipinski definition) is 2. The van der Waals surface area contributed by atoms with Crippen molar-refractivity contribution < 1.29 is 39.9 Å². The minimum atomic E-state index is -6.32. The van der Waals surface area contributed by atoms with Crippen molar-refractivity contribution in [2.45, 2.75) is 30.6 Å². The van der Waals surface area contributed by atoms with Crippen LogP contribution in [0.4, 0.5) is 35.1 Å². The predicted molar refractivity (Wildman–Crippen MR) is 47.5 cm³/mol. The maximum atomic E-state index is 12.8. The highest BCUT2D eigenvalue weighted by molar-refractivity contribution is 5.76. The molecule has 0 saturated carbocycles. The first-order valence-electron chi connectivity index (χ1n) is 4.78. The quantitative estimate of drug-likeness (QED) is 0.702. The van der Waals surface area contributed by atoms with Crippen molar-refractivity contribution in [1.29, 1.82) is 0 Å². The summed E-state index contributed by atoms with van der Waals surface area (Å²) in [6.45, 7) is -2.50. The van der Waals surface area contributed by atoms with E-state index in [4.69, 9.17) is 5.73 Å². The molecule has 0 atom stereocenters. The SMILES string of the molecule is NCCC(=O)NCC(F)(F)C(F)(F)C(F)(F)C(F)F. The van der Waals surface area contributed by atoms with Gasteiger partial charge in [0.1, 0.15) is 0 Å². The molecule has 0 spiro atoms. The highest BCUT2D eigenvalue weighted by atomic mass is 19.4. The van der Waals surface area contributed by atoms with Crippen LogP contribution in [0.5, 0.6) is 0 Å². The summed E-state index contributed by atoms with van der Waals surface area (Å²) in [5.74, 6) is -19.3. The second-order valence-electron chi connectivity index (χ2n) is 3.52. The minimum Gasteiger partial charge on any atom is -0.350 e. The second kappa shape index (κ2) is 5.88. The Morgan fingerprint density at radius 2 is 1.58 bits per heavy atom. The fourth-order valence-corrected chi connectivity index (χ4v) is 0.921. The first kappa shape index (κ1) is 17.9. The Hall–Kier alpha value is -1.13. The van der Waals surface area contributed by atoms with Crippen LogP contribution in [0.15, 0.2) is 0 Å². The number of carbonyl (C=O) groups excluding carboxylic acids is 1. The number of carbonyl (C=O) groups is 1. The number of nitrogens with one attached hydrogen (secondary N) is 1. The van der Waals surface area contributed by atoms with Gasteiger partial charge in [0.15, 0.2) is 0 Å². The van der Waals surface area contributed by atoms with Gasteiger partial charge in [-0.3, -0.25) is 4.79 Å². The average Bonchev–Trinajstić information content (AvgIpc) is 2.26. The Labute approximate surface area is 102 Å². The standard InChI is InChI=1S/C8H10F8N2O/c9-5(10)7(13,14)8(15,16)6(11,12)3-18-4(19)1-2-17/h5H,1-3,17H2,(H,18,19). The molecule has 3 N–H and O–H groups in total. The summed E-state index contributed by atoms with van der Waals surface area (Å²) in [4.78, 5) is 10.7. The minimum absolute atomic E-state index is 0.291. The summed E-state index contributed by atoms with van der Waals surface area (Å²) in [5.41, 5.74) is 4.85. The highest BCUT2D eigenvalue weighted by Gasteiger charge is 2.75. The fraction of sp³-hybridized carbons (Fsp3) is 0.875. The van der Waals surface area contributed by atoms with E-state index in [1.54, 1.807) is 0 Å². The lowest BCUT2D eigenvalue weighted by molar-refractivity contribution is -0.336. The summed E-state index contributed by atoms with van der Waals surface area (Å²) >= 11 is 0. The molecule has 0 unspecified atom stereocenters. The van der Waals surface area contributed by atoms with Gasteiger partial charge in [-0.15, -0.1) is 0 Å². The molecule has 19 heavy (non-hydrogen) atoms. The molecule has 11 heteroatoms. The number of hydrogen-bond donors (Lipinski definition) is 2. The summed E-state index contributed by atoms with van der Waals surface area (Å²) in [7, 11) is 0. The van der Waals surface area contributed by atoms with Gasteiger partial charge in [0.05, 0.1) is 6.54 Å². The lowest BCUT2D eigenvalue weighted by Gasteiger charge is -2.32. The Kier molecular flexibility index (Phi) is 5.53. The van der Waals surface area contributed by atoms with Crippen molar-refractivity contribution >= 4 is 5.91 Å². The van der Waals surface area contributed by atoms with E-state index < -0.39 is 43.1 Å². The third kappa shape index (κ3) is 3.67. The Balaban J connectivity index is 4.92. The molecular formula is C8H10F8N2O. The van der Waals surface area contributed by atoms with E-state index in [0.717, 1.165) is 0 Å². The monoisotopic (exact) mass is 302 g/mol. The first-order chi connectivity index (χ1) is 8.40. The van der Waals surface area contributed by atoms with Gasteiger partial charge in [-0.2, -0.15) is 26.3 Å². The van der Waals surface area contributed by atoms with E-state index in [2.05, 4.69) is 0 Å². The number of alkyl halides is 8. The molecule has 114 valence electrons. The third-order valence-corrected chi connectivity index (χ3v) is 2.03. The van der Waals surface area contributed by atoms with Crippen LogP contribution in [-0.2, 0) is 4.79 Å². The molecule has 0 fully saturated rings. The van der Waals surface area contributed by atoms with E-state index in [-0.39, 0.29) is 6.54 Å². The summed E-state index contributed by atoms with van der Waals surface area (Å²) in [6, 6.07) is 0. The van der Waals surface area contributed by atoms with Gasteiger partial charge in [0.2, 0.25) is 5.91 Å². The molecule has 0 aliphatic rings. The van der Waals surface area contributed by atoms with E-state index >= 15 is 0 Å². The second-order valence-corrected chi connectivity index (χ2v) is 3.52. The van der Waals surface area contributed by atoms with Crippen LogP contribution >= 0.6 is 0 Å². The molecule has 3 nitrogen and oxygen atoms in total. The topological polar surface area (TPSA) is 55.1 Å². The molecular weight excluding hydrogens is 292 g/mol. The fourth-order valence-electron chi connectivity index (χ4n) is 0.921. The van der Waals surface area contributed by atoms with Gasteiger partial charge in [-0.25, -0.2) is 8.78 Å². The number of rotatable bonds is 7. The number of halogens is 8. The summed E-state index contributed by atoms with van der Waals surface area (Å²) in [5, 5.41) is 1.21. The molecule has 1 amide bonds. The van der Waals surface area contributed by atoms with Crippen LogP contribution in [0.3, 0.4) is 0 Å². The van der Waals surface area contributed by atoms with Gasteiger partial charge in [-0.1, -0.05) is 0 Å². The van der Waals surface area contributed by atoms with E-state index in [9.17, 15) is 39.9 Å². The first-order valence-corrected chi connectivity index (χ1v) is 4.78. The van der Waals surface area contributed by atoms with Gasteiger partial charge in [-0.05, 0) is 0 Å². The van der Waals surface area contributed by atoms with Gasteiger partial charge in [0, 0.05) is 13.0 Å². The molecule has 0 aliphatic heterocycles. The van der Waals surface area contributed by atoms with Crippen LogP contribution in [0.2, 0.25) is 0 Å². The predicted octanol–water partition coefficient (Wildman–Crippen LogP) is 1.62. The Morgan fingerprint density at radius 3 is 1.95 bits per heavy atom. The number of nitrogens with two attached hydrogens (primary N) is 1. The number of amides is 1. The van der Waals surface area contributed by atoms with E-state index in [1.807, 2.05) is 0 Å². The zero-order valence-corrected chi connectivity index (χ0v) is 9.21. The lowest BCUT2D eigenvalue weighted by Crippen LogP contribution is -2.61. The molecule has 0 aliphatic carbocycles. The highest BCUT2D eigenvalue weighted by Crippen LogP contribution is 2.48. The van der Waals surface area contributed by atoms with Crippen molar-refractivity contribution in [3.63, 3.8) is 0 Å². The maximum Gasteiger partial charge on any atom is 0.379 e. The molecule has 0 aromatic rings. The van der Waals surface area contributed by atoms with E-state index in [1.165, 1.54) is 5.32 Å². The molecule has 0 rings (SSSR count). The molecule has 0 bridgehead atoms. The van der Waals surface area contributed by atoms with Crippen LogP contribution in [0.25, 0.3) is 0 Å². The Bertz CT molecular complexity index is 320.